The van der Waals surface area contributed by atoms with Crippen molar-refractivity contribution >= 4 is 11.6 Å². The van der Waals surface area contributed by atoms with E-state index in [4.69, 9.17) is 16.3 Å². The van der Waals surface area contributed by atoms with Crippen LogP contribution in [0.1, 0.15) is 30.4 Å². The largest absolute Gasteiger partial charge is 0.380 e. The molecular weight excluding hydrogens is 234 g/mol. The van der Waals surface area contributed by atoms with E-state index >= 15 is 0 Å². The van der Waals surface area contributed by atoms with Crippen LogP contribution in [0.2, 0.25) is 5.02 Å². The number of benzene rings is 1. The number of rotatable bonds is 4. The second kappa shape index (κ2) is 5.85. The van der Waals surface area contributed by atoms with E-state index in [1.165, 1.54) is 24.8 Å². The van der Waals surface area contributed by atoms with Gasteiger partial charge in [0.2, 0.25) is 0 Å². The molecule has 1 aliphatic carbocycles. The van der Waals surface area contributed by atoms with E-state index in [0.29, 0.717) is 12.1 Å². The molecule has 2 nitrogen and oxygen atoms in total. The Labute approximate surface area is 108 Å². The van der Waals surface area contributed by atoms with Crippen LogP contribution in [-0.2, 0) is 11.3 Å². The lowest BCUT2D eigenvalue weighted by atomic mass is 10.1. The van der Waals surface area contributed by atoms with Gasteiger partial charge in [0.15, 0.2) is 0 Å². The molecule has 0 aromatic heterocycles. The normalized spacial score (nSPS) is 24.2. The van der Waals surface area contributed by atoms with Gasteiger partial charge in [-0.05, 0) is 43.4 Å². The van der Waals surface area contributed by atoms with E-state index in [0.717, 1.165) is 17.1 Å². The van der Waals surface area contributed by atoms with E-state index in [1.54, 1.807) is 7.11 Å². The Morgan fingerprint density at radius 3 is 2.94 bits per heavy atom. The first-order chi connectivity index (χ1) is 8.20. The molecular formula is C14H20ClNO. The summed E-state index contributed by atoms with van der Waals surface area (Å²) in [5.74, 6) is 0. The topological polar surface area (TPSA) is 21.3 Å². The maximum absolute atomic E-state index is 6.11. The predicted molar refractivity (Wildman–Crippen MR) is 71.5 cm³/mol. The molecule has 94 valence electrons. The second-order valence-corrected chi connectivity index (χ2v) is 5.18. The van der Waals surface area contributed by atoms with Gasteiger partial charge in [-0.2, -0.15) is 0 Å². The molecule has 0 radical (unpaired) electrons. The van der Waals surface area contributed by atoms with E-state index in [-0.39, 0.29) is 0 Å². The highest BCUT2D eigenvalue weighted by molar-refractivity contribution is 6.31. The second-order valence-electron chi connectivity index (χ2n) is 4.78. The van der Waals surface area contributed by atoms with Gasteiger partial charge in [-0.25, -0.2) is 0 Å². The van der Waals surface area contributed by atoms with Crippen LogP contribution in [0.5, 0.6) is 0 Å². The maximum atomic E-state index is 6.11. The molecule has 1 aromatic rings. The molecule has 0 saturated heterocycles. The van der Waals surface area contributed by atoms with Gasteiger partial charge >= 0.3 is 0 Å². The lowest BCUT2D eigenvalue weighted by Gasteiger charge is -2.19. The minimum Gasteiger partial charge on any atom is -0.380 e. The summed E-state index contributed by atoms with van der Waals surface area (Å²) in [7, 11) is 1.80. The number of nitrogens with one attached hydrogen (secondary N) is 1. The zero-order chi connectivity index (χ0) is 12.3. The SMILES string of the molecule is COC1CCCC1NCc1ccc(C)c(Cl)c1. The van der Waals surface area contributed by atoms with Crippen molar-refractivity contribution in [1.82, 2.24) is 5.32 Å². The smallest absolute Gasteiger partial charge is 0.0724 e. The average Bonchev–Trinajstić information content (AvgIpc) is 2.78. The molecule has 1 aliphatic rings. The van der Waals surface area contributed by atoms with Crippen LogP contribution in [0.4, 0.5) is 0 Å². The summed E-state index contributed by atoms with van der Waals surface area (Å²) >= 11 is 6.11. The van der Waals surface area contributed by atoms with Gasteiger partial charge in [0, 0.05) is 24.7 Å². The molecule has 1 fully saturated rings. The molecule has 2 rings (SSSR count). The van der Waals surface area contributed by atoms with E-state index in [9.17, 15) is 0 Å². The van der Waals surface area contributed by atoms with Crippen LogP contribution in [-0.4, -0.2) is 19.3 Å². The van der Waals surface area contributed by atoms with Gasteiger partial charge in [0.05, 0.1) is 6.10 Å². The van der Waals surface area contributed by atoms with Crippen molar-refractivity contribution in [3.63, 3.8) is 0 Å². The Kier molecular flexibility index (Phi) is 4.43. The number of ether oxygens (including phenoxy) is 1. The fourth-order valence-corrected chi connectivity index (χ4v) is 2.64. The van der Waals surface area contributed by atoms with Crippen LogP contribution < -0.4 is 5.32 Å². The van der Waals surface area contributed by atoms with Crippen molar-refractivity contribution in [2.45, 2.75) is 44.9 Å². The van der Waals surface area contributed by atoms with E-state index < -0.39 is 0 Å². The standard InChI is InChI=1S/C14H20ClNO/c1-10-6-7-11(8-12(10)15)9-16-13-4-3-5-14(13)17-2/h6-8,13-14,16H,3-5,9H2,1-2H3. The molecule has 3 heteroatoms. The zero-order valence-electron chi connectivity index (χ0n) is 10.5. The minimum absolute atomic E-state index is 0.371. The van der Waals surface area contributed by atoms with Gasteiger partial charge in [0.25, 0.3) is 0 Å². The third kappa shape index (κ3) is 3.21. The summed E-state index contributed by atoms with van der Waals surface area (Å²) in [6.07, 6.45) is 4.00. The summed E-state index contributed by atoms with van der Waals surface area (Å²) in [4.78, 5) is 0. The fraction of sp³-hybridized carbons (Fsp3) is 0.571. The van der Waals surface area contributed by atoms with Crippen molar-refractivity contribution < 1.29 is 4.74 Å². The molecule has 17 heavy (non-hydrogen) atoms. The Morgan fingerprint density at radius 1 is 1.41 bits per heavy atom. The fourth-order valence-electron chi connectivity index (χ4n) is 2.44. The summed E-state index contributed by atoms with van der Waals surface area (Å²) < 4.78 is 5.47. The molecule has 1 saturated carbocycles. The Bertz CT molecular complexity index is 380. The quantitative estimate of drug-likeness (QED) is 0.889. The maximum Gasteiger partial charge on any atom is 0.0724 e. The summed E-state index contributed by atoms with van der Waals surface area (Å²) in [6, 6.07) is 6.73. The monoisotopic (exact) mass is 253 g/mol. The minimum atomic E-state index is 0.371. The summed E-state index contributed by atoms with van der Waals surface area (Å²) in [5, 5.41) is 4.41. The number of methoxy groups -OCH3 is 1. The van der Waals surface area contributed by atoms with Crippen LogP contribution in [0.15, 0.2) is 18.2 Å². The molecule has 1 aromatic carbocycles. The van der Waals surface area contributed by atoms with Crippen LogP contribution in [0.3, 0.4) is 0 Å². The molecule has 2 unspecified atom stereocenters. The Balaban J connectivity index is 1.91. The molecule has 0 amide bonds. The third-order valence-electron chi connectivity index (χ3n) is 3.56. The molecule has 0 bridgehead atoms. The van der Waals surface area contributed by atoms with Gasteiger partial charge in [0.1, 0.15) is 0 Å². The van der Waals surface area contributed by atoms with Gasteiger partial charge in [-0.3, -0.25) is 0 Å². The van der Waals surface area contributed by atoms with Crippen molar-refractivity contribution in [3.05, 3.63) is 34.3 Å². The Morgan fingerprint density at radius 2 is 2.24 bits per heavy atom. The molecule has 0 aliphatic heterocycles. The number of aryl methyl sites for hydroxylation is 1. The number of halogens is 1. The first-order valence-electron chi connectivity index (χ1n) is 6.22. The molecule has 0 spiro atoms. The zero-order valence-corrected chi connectivity index (χ0v) is 11.3. The Hall–Kier alpha value is -0.570. The van der Waals surface area contributed by atoms with Crippen LogP contribution in [0.25, 0.3) is 0 Å². The van der Waals surface area contributed by atoms with Crippen LogP contribution >= 0.6 is 11.6 Å². The van der Waals surface area contributed by atoms with Gasteiger partial charge in [-0.15, -0.1) is 0 Å². The van der Waals surface area contributed by atoms with Crippen LogP contribution in [0, 0.1) is 6.92 Å². The van der Waals surface area contributed by atoms with Gasteiger partial charge < -0.3 is 10.1 Å². The van der Waals surface area contributed by atoms with Crippen molar-refractivity contribution in [1.29, 1.82) is 0 Å². The lowest BCUT2D eigenvalue weighted by Crippen LogP contribution is -2.36. The van der Waals surface area contributed by atoms with Gasteiger partial charge in [-0.1, -0.05) is 23.7 Å². The van der Waals surface area contributed by atoms with Crippen molar-refractivity contribution in [2.24, 2.45) is 0 Å². The van der Waals surface area contributed by atoms with Crippen molar-refractivity contribution in [2.75, 3.05) is 7.11 Å². The molecule has 0 heterocycles. The summed E-state index contributed by atoms with van der Waals surface area (Å²) in [5.41, 5.74) is 2.37. The highest BCUT2D eigenvalue weighted by atomic mass is 35.5. The molecule has 1 N–H and O–H groups in total. The highest BCUT2D eigenvalue weighted by Crippen LogP contribution is 2.22. The summed E-state index contributed by atoms with van der Waals surface area (Å²) in [6.45, 7) is 2.89. The molecule has 2 atom stereocenters. The average molecular weight is 254 g/mol. The predicted octanol–water partition coefficient (Wildman–Crippen LogP) is 3.31. The van der Waals surface area contributed by atoms with Crippen molar-refractivity contribution in [3.8, 4) is 0 Å². The highest BCUT2D eigenvalue weighted by Gasteiger charge is 2.26. The number of hydrogen-bond acceptors (Lipinski definition) is 2. The third-order valence-corrected chi connectivity index (χ3v) is 3.97. The number of hydrogen-bond donors (Lipinski definition) is 1. The van der Waals surface area contributed by atoms with E-state index in [2.05, 4.69) is 17.4 Å². The lowest BCUT2D eigenvalue weighted by molar-refractivity contribution is 0.0847. The first-order valence-corrected chi connectivity index (χ1v) is 6.59. The first kappa shape index (κ1) is 12.9. The van der Waals surface area contributed by atoms with E-state index in [1.807, 2.05) is 13.0 Å².